The predicted octanol–water partition coefficient (Wildman–Crippen LogP) is 1.59. The summed E-state index contributed by atoms with van der Waals surface area (Å²) in [6.07, 6.45) is 2.50. The van der Waals surface area contributed by atoms with Crippen molar-refractivity contribution < 1.29 is 9.53 Å². The number of ether oxygens (including phenoxy) is 1. The molecule has 0 aromatic heterocycles. The molecule has 3 aliphatic rings. The molecule has 0 saturated carbocycles. The van der Waals surface area contributed by atoms with Crippen LogP contribution in [0.1, 0.15) is 18.4 Å². The summed E-state index contributed by atoms with van der Waals surface area (Å²) < 4.78 is 4.88. The van der Waals surface area contributed by atoms with Gasteiger partial charge in [-0.05, 0) is 43.8 Å². The number of nitrogens with one attached hydrogen (secondary N) is 1. The van der Waals surface area contributed by atoms with Crippen LogP contribution in [0, 0.1) is 11.8 Å². The number of carbonyl (C=O) groups is 1. The van der Waals surface area contributed by atoms with Crippen molar-refractivity contribution >= 4 is 5.91 Å². The summed E-state index contributed by atoms with van der Waals surface area (Å²) in [6.45, 7) is 5.41. The van der Waals surface area contributed by atoms with Gasteiger partial charge >= 0.3 is 0 Å². The Hall–Kier alpha value is -1.43. The highest BCUT2D eigenvalue weighted by Gasteiger charge is 2.40. The number of hydrogen-bond donors (Lipinski definition) is 1. The van der Waals surface area contributed by atoms with E-state index in [1.807, 2.05) is 0 Å². The molecule has 1 aromatic rings. The number of hydrogen-bond acceptors (Lipinski definition) is 4. The first-order chi connectivity index (χ1) is 12.2. The van der Waals surface area contributed by atoms with E-state index in [1.54, 1.807) is 7.11 Å². The Morgan fingerprint density at radius 1 is 1.36 bits per heavy atom. The number of benzene rings is 1. The average Bonchev–Trinajstić information content (AvgIpc) is 2.62. The topological polar surface area (TPSA) is 44.8 Å². The van der Waals surface area contributed by atoms with Crippen molar-refractivity contribution in [2.24, 2.45) is 11.8 Å². The number of amides is 1. The Bertz CT molecular complexity index is 551. The standard InChI is InChI=1S/C20H31N3O2/c1-22(12-16-6-4-3-5-7-16)13-18-14-23-9-8-17(18)10-19(23)11-21-20(24)15-25-2/h3-7,17-19H,8-15H2,1-2H3,(H,21,24). The van der Waals surface area contributed by atoms with Crippen LogP contribution in [0.15, 0.2) is 30.3 Å². The van der Waals surface area contributed by atoms with Crippen LogP contribution in [0.3, 0.4) is 0 Å². The lowest BCUT2D eigenvalue weighted by atomic mass is 9.75. The van der Waals surface area contributed by atoms with Crippen molar-refractivity contribution in [1.82, 2.24) is 15.1 Å². The maximum absolute atomic E-state index is 11.6. The van der Waals surface area contributed by atoms with Gasteiger partial charge in [0, 0.05) is 39.3 Å². The minimum absolute atomic E-state index is 0.00992. The number of methoxy groups -OCH3 is 1. The number of nitrogens with zero attached hydrogens (tertiary/aromatic N) is 2. The van der Waals surface area contributed by atoms with E-state index >= 15 is 0 Å². The molecule has 1 aromatic carbocycles. The number of rotatable bonds is 8. The molecule has 3 saturated heterocycles. The summed E-state index contributed by atoms with van der Waals surface area (Å²) in [5.74, 6) is 1.52. The summed E-state index contributed by atoms with van der Waals surface area (Å²) >= 11 is 0. The highest BCUT2D eigenvalue weighted by atomic mass is 16.5. The summed E-state index contributed by atoms with van der Waals surface area (Å²) in [7, 11) is 3.79. The van der Waals surface area contributed by atoms with Gasteiger partial charge in [0.2, 0.25) is 5.91 Å². The zero-order valence-electron chi connectivity index (χ0n) is 15.5. The molecule has 0 spiro atoms. The van der Waals surface area contributed by atoms with E-state index in [1.165, 1.54) is 24.9 Å². The van der Waals surface area contributed by atoms with Crippen molar-refractivity contribution in [3.05, 3.63) is 35.9 Å². The van der Waals surface area contributed by atoms with Gasteiger partial charge in [0.05, 0.1) is 0 Å². The molecule has 3 heterocycles. The second-order valence-electron chi connectivity index (χ2n) is 7.61. The third kappa shape index (κ3) is 5.03. The van der Waals surface area contributed by atoms with Crippen LogP contribution in [-0.2, 0) is 16.1 Å². The fraction of sp³-hybridized carbons (Fsp3) is 0.650. The van der Waals surface area contributed by atoms with Crippen molar-refractivity contribution in [3.8, 4) is 0 Å². The molecule has 3 fully saturated rings. The number of piperidine rings is 3. The SMILES string of the molecule is COCC(=O)NCC1CC2CCN1CC2CN(C)Cc1ccccc1. The van der Waals surface area contributed by atoms with Gasteiger partial charge in [-0.15, -0.1) is 0 Å². The zero-order valence-corrected chi connectivity index (χ0v) is 15.5. The van der Waals surface area contributed by atoms with E-state index in [9.17, 15) is 4.79 Å². The second kappa shape index (κ2) is 8.79. The Balaban J connectivity index is 1.46. The zero-order chi connectivity index (χ0) is 17.6. The molecule has 3 aliphatic heterocycles. The Labute approximate surface area is 151 Å². The first kappa shape index (κ1) is 18.4. The van der Waals surface area contributed by atoms with E-state index in [0.29, 0.717) is 6.04 Å². The third-order valence-electron chi connectivity index (χ3n) is 5.67. The lowest BCUT2D eigenvalue weighted by Crippen LogP contribution is -2.58. The largest absolute Gasteiger partial charge is 0.375 e. The van der Waals surface area contributed by atoms with E-state index in [0.717, 1.165) is 38.0 Å². The Kier molecular flexibility index (Phi) is 6.45. The molecule has 5 nitrogen and oxygen atoms in total. The first-order valence-electron chi connectivity index (χ1n) is 9.38. The van der Waals surface area contributed by atoms with Crippen LogP contribution in [0.5, 0.6) is 0 Å². The minimum Gasteiger partial charge on any atom is -0.375 e. The van der Waals surface area contributed by atoms with E-state index in [4.69, 9.17) is 4.74 Å². The predicted molar refractivity (Wildman–Crippen MR) is 99.2 cm³/mol. The lowest BCUT2D eigenvalue weighted by molar-refractivity contribution is -0.125. The molecule has 1 amide bonds. The molecule has 4 rings (SSSR count). The summed E-state index contributed by atoms with van der Waals surface area (Å²) in [5, 5.41) is 3.01. The molecule has 25 heavy (non-hydrogen) atoms. The summed E-state index contributed by atoms with van der Waals surface area (Å²) in [4.78, 5) is 16.6. The molecule has 138 valence electrons. The van der Waals surface area contributed by atoms with Gasteiger partial charge in [0.25, 0.3) is 0 Å². The van der Waals surface area contributed by atoms with Gasteiger partial charge in [0.15, 0.2) is 0 Å². The number of fused-ring (bicyclic) bond motifs is 3. The quantitative estimate of drug-likeness (QED) is 0.777. The van der Waals surface area contributed by atoms with Gasteiger partial charge in [0.1, 0.15) is 6.61 Å². The molecular formula is C20H31N3O2. The lowest BCUT2D eigenvalue weighted by Gasteiger charge is -2.50. The smallest absolute Gasteiger partial charge is 0.246 e. The first-order valence-corrected chi connectivity index (χ1v) is 9.38. The van der Waals surface area contributed by atoms with Crippen LogP contribution in [0.25, 0.3) is 0 Å². The van der Waals surface area contributed by atoms with Gasteiger partial charge in [-0.25, -0.2) is 0 Å². The minimum atomic E-state index is -0.00992. The van der Waals surface area contributed by atoms with E-state index in [2.05, 4.69) is 52.5 Å². The van der Waals surface area contributed by atoms with Crippen LogP contribution < -0.4 is 5.32 Å². The van der Waals surface area contributed by atoms with Crippen LogP contribution in [-0.4, -0.2) is 68.7 Å². The fourth-order valence-corrected chi connectivity index (χ4v) is 4.44. The van der Waals surface area contributed by atoms with Gasteiger partial charge in [-0.1, -0.05) is 30.3 Å². The fourth-order valence-electron chi connectivity index (χ4n) is 4.44. The second-order valence-corrected chi connectivity index (χ2v) is 7.61. The molecule has 5 heteroatoms. The molecule has 0 aliphatic carbocycles. The van der Waals surface area contributed by atoms with Gasteiger partial charge in [-0.2, -0.15) is 0 Å². The van der Waals surface area contributed by atoms with Crippen molar-refractivity contribution in [2.45, 2.75) is 25.4 Å². The van der Waals surface area contributed by atoms with Crippen molar-refractivity contribution in [3.63, 3.8) is 0 Å². The normalized spacial score (nSPS) is 28.3. The maximum atomic E-state index is 11.6. The van der Waals surface area contributed by atoms with Crippen LogP contribution in [0.2, 0.25) is 0 Å². The molecule has 2 bridgehead atoms. The Morgan fingerprint density at radius 2 is 2.16 bits per heavy atom. The number of carbonyl (C=O) groups excluding carboxylic acids is 1. The monoisotopic (exact) mass is 345 g/mol. The highest BCUT2D eigenvalue weighted by Crippen LogP contribution is 2.36. The summed E-state index contributed by atoms with van der Waals surface area (Å²) in [5.41, 5.74) is 1.38. The highest BCUT2D eigenvalue weighted by molar-refractivity contribution is 5.77. The van der Waals surface area contributed by atoms with E-state index in [-0.39, 0.29) is 12.5 Å². The molecular weight excluding hydrogens is 314 g/mol. The molecule has 1 N–H and O–H groups in total. The molecule has 4 atom stereocenters. The van der Waals surface area contributed by atoms with Crippen molar-refractivity contribution in [2.75, 3.05) is 46.9 Å². The third-order valence-corrected chi connectivity index (χ3v) is 5.67. The molecule has 4 unspecified atom stereocenters. The van der Waals surface area contributed by atoms with Crippen LogP contribution >= 0.6 is 0 Å². The van der Waals surface area contributed by atoms with Gasteiger partial charge in [-0.3, -0.25) is 9.69 Å². The molecule has 0 radical (unpaired) electrons. The average molecular weight is 345 g/mol. The van der Waals surface area contributed by atoms with Crippen LogP contribution in [0.4, 0.5) is 0 Å². The van der Waals surface area contributed by atoms with Gasteiger partial charge < -0.3 is 15.0 Å². The van der Waals surface area contributed by atoms with E-state index < -0.39 is 0 Å². The maximum Gasteiger partial charge on any atom is 0.246 e. The Morgan fingerprint density at radius 3 is 2.84 bits per heavy atom. The van der Waals surface area contributed by atoms with Crippen molar-refractivity contribution in [1.29, 1.82) is 0 Å². The summed E-state index contributed by atoms with van der Waals surface area (Å²) in [6, 6.07) is 11.2.